The summed E-state index contributed by atoms with van der Waals surface area (Å²) in [5.41, 5.74) is 1.04. The fourth-order valence-corrected chi connectivity index (χ4v) is 3.95. The van der Waals surface area contributed by atoms with Crippen molar-refractivity contribution in [3.8, 4) is 11.5 Å². The van der Waals surface area contributed by atoms with Crippen molar-refractivity contribution in [3.05, 3.63) is 54.1 Å². The van der Waals surface area contributed by atoms with Gasteiger partial charge in [0.1, 0.15) is 0 Å². The summed E-state index contributed by atoms with van der Waals surface area (Å²) in [6.07, 6.45) is 0. The van der Waals surface area contributed by atoms with Gasteiger partial charge < -0.3 is 4.42 Å². The van der Waals surface area contributed by atoms with Gasteiger partial charge in [0.25, 0.3) is 5.91 Å². The first-order chi connectivity index (χ1) is 13.4. The maximum absolute atomic E-state index is 12.3. The second kappa shape index (κ2) is 8.57. The van der Waals surface area contributed by atoms with Crippen molar-refractivity contribution < 1.29 is 17.6 Å². The van der Waals surface area contributed by atoms with Crippen molar-refractivity contribution in [2.45, 2.75) is 23.6 Å². The number of hydrogen-bond acceptors (Lipinski definition) is 7. The summed E-state index contributed by atoms with van der Waals surface area (Å²) < 4.78 is 29.2. The van der Waals surface area contributed by atoms with E-state index in [0.29, 0.717) is 11.1 Å². The van der Waals surface area contributed by atoms with Gasteiger partial charge in [-0.05, 0) is 54.3 Å². The first-order valence-corrected chi connectivity index (χ1v) is 11.3. The molecule has 0 bridgehead atoms. The van der Waals surface area contributed by atoms with E-state index in [1.165, 1.54) is 12.1 Å². The fourth-order valence-electron chi connectivity index (χ4n) is 2.40. The SMILES string of the molecule is CCSc1ccc(C(=O)Nc2nnc(-c3ccc(S(=O)(=O)CC)cc3)o2)cc1. The maximum Gasteiger partial charge on any atom is 0.322 e. The van der Waals surface area contributed by atoms with Gasteiger partial charge in [0, 0.05) is 16.0 Å². The highest BCUT2D eigenvalue weighted by Gasteiger charge is 2.15. The third-order valence-corrected chi connectivity index (χ3v) is 6.56. The Hall–Kier alpha value is -2.65. The molecule has 0 spiro atoms. The Morgan fingerprint density at radius 3 is 2.32 bits per heavy atom. The number of aromatic nitrogens is 2. The van der Waals surface area contributed by atoms with Gasteiger partial charge in [-0.2, -0.15) is 0 Å². The highest BCUT2D eigenvalue weighted by Crippen LogP contribution is 2.23. The van der Waals surface area contributed by atoms with Crippen LogP contribution in [0.15, 0.2) is 62.7 Å². The molecule has 0 saturated heterocycles. The van der Waals surface area contributed by atoms with Crippen LogP contribution in [0.3, 0.4) is 0 Å². The first kappa shape index (κ1) is 20.1. The maximum atomic E-state index is 12.3. The number of sulfone groups is 1. The highest BCUT2D eigenvalue weighted by atomic mass is 32.2. The average molecular weight is 418 g/mol. The molecule has 0 atom stereocenters. The van der Waals surface area contributed by atoms with Crippen molar-refractivity contribution >= 4 is 33.5 Å². The fraction of sp³-hybridized carbons (Fsp3) is 0.211. The molecule has 1 amide bonds. The van der Waals surface area contributed by atoms with Crippen LogP contribution in [-0.2, 0) is 9.84 Å². The summed E-state index contributed by atoms with van der Waals surface area (Å²) in [4.78, 5) is 13.6. The third-order valence-electron chi connectivity index (χ3n) is 3.91. The minimum absolute atomic E-state index is 0.0290. The summed E-state index contributed by atoms with van der Waals surface area (Å²) in [5, 5.41) is 10.3. The predicted octanol–water partition coefficient (Wildman–Crippen LogP) is 3.89. The van der Waals surface area contributed by atoms with E-state index in [1.54, 1.807) is 43.0 Å². The van der Waals surface area contributed by atoms with E-state index in [2.05, 4.69) is 22.4 Å². The Balaban J connectivity index is 1.71. The minimum atomic E-state index is -3.27. The molecule has 7 nitrogen and oxygen atoms in total. The van der Waals surface area contributed by atoms with Crippen molar-refractivity contribution in [2.24, 2.45) is 0 Å². The molecular formula is C19H19N3O4S2. The summed E-state index contributed by atoms with van der Waals surface area (Å²) in [6.45, 7) is 3.65. The standard InChI is InChI=1S/C19H19N3O4S2/c1-3-27-15-9-5-13(6-10-15)17(23)20-19-22-21-18(26-19)14-7-11-16(12-8-14)28(24,25)4-2/h5-12H,3-4H2,1-2H3,(H,20,22,23). The Morgan fingerprint density at radius 2 is 1.71 bits per heavy atom. The minimum Gasteiger partial charge on any atom is -0.403 e. The van der Waals surface area contributed by atoms with Gasteiger partial charge in [-0.15, -0.1) is 16.9 Å². The number of hydrogen-bond donors (Lipinski definition) is 1. The Labute approximate surface area is 167 Å². The normalized spacial score (nSPS) is 11.4. The van der Waals surface area contributed by atoms with Crippen LogP contribution >= 0.6 is 11.8 Å². The van der Waals surface area contributed by atoms with Gasteiger partial charge in [-0.1, -0.05) is 18.9 Å². The van der Waals surface area contributed by atoms with Crippen LogP contribution in [0.4, 0.5) is 6.01 Å². The first-order valence-electron chi connectivity index (χ1n) is 8.64. The topological polar surface area (TPSA) is 102 Å². The van der Waals surface area contributed by atoms with E-state index < -0.39 is 9.84 Å². The van der Waals surface area contributed by atoms with Gasteiger partial charge in [0.2, 0.25) is 5.89 Å². The number of carbonyl (C=O) groups is 1. The van der Waals surface area contributed by atoms with E-state index in [0.717, 1.165) is 10.6 Å². The van der Waals surface area contributed by atoms with Gasteiger partial charge in [0.05, 0.1) is 10.6 Å². The molecule has 1 heterocycles. The summed E-state index contributed by atoms with van der Waals surface area (Å²) in [5.74, 6) is 0.820. The zero-order valence-corrected chi connectivity index (χ0v) is 17.0. The second-order valence-corrected chi connectivity index (χ2v) is 9.37. The van der Waals surface area contributed by atoms with Crippen molar-refractivity contribution in [1.29, 1.82) is 0 Å². The van der Waals surface area contributed by atoms with Crippen molar-refractivity contribution in [2.75, 3.05) is 16.8 Å². The number of amides is 1. The van der Waals surface area contributed by atoms with Crippen LogP contribution in [-0.4, -0.2) is 36.0 Å². The van der Waals surface area contributed by atoms with Crippen LogP contribution in [0, 0.1) is 0 Å². The molecule has 0 unspecified atom stereocenters. The quantitative estimate of drug-likeness (QED) is 0.582. The van der Waals surface area contributed by atoms with Crippen molar-refractivity contribution in [3.63, 3.8) is 0 Å². The monoisotopic (exact) mass is 417 g/mol. The van der Waals surface area contributed by atoms with Crippen LogP contribution in [0.2, 0.25) is 0 Å². The number of thioether (sulfide) groups is 1. The smallest absolute Gasteiger partial charge is 0.322 e. The van der Waals surface area contributed by atoms with Gasteiger partial charge >= 0.3 is 6.01 Å². The lowest BCUT2D eigenvalue weighted by atomic mass is 10.2. The van der Waals surface area contributed by atoms with Crippen molar-refractivity contribution in [1.82, 2.24) is 10.2 Å². The average Bonchev–Trinajstić information content (AvgIpc) is 3.17. The molecule has 146 valence electrons. The van der Waals surface area contributed by atoms with Gasteiger partial charge in [-0.3, -0.25) is 10.1 Å². The summed E-state index contributed by atoms with van der Waals surface area (Å²) >= 11 is 1.69. The number of carbonyl (C=O) groups excluding carboxylic acids is 1. The largest absolute Gasteiger partial charge is 0.403 e. The molecule has 0 aliphatic rings. The molecule has 28 heavy (non-hydrogen) atoms. The molecule has 1 N–H and O–H groups in total. The van der Waals surface area contributed by atoms with Crippen LogP contribution in [0.1, 0.15) is 24.2 Å². The molecule has 0 saturated carbocycles. The molecule has 9 heteroatoms. The molecule has 0 fully saturated rings. The van der Waals surface area contributed by atoms with E-state index in [1.807, 2.05) is 12.1 Å². The molecule has 0 aliphatic heterocycles. The molecule has 0 aliphatic carbocycles. The van der Waals surface area contributed by atoms with Crippen LogP contribution < -0.4 is 5.32 Å². The predicted molar refractivity (Wildman–Crippen MR) is 108 cm³/mol. The van der Waals surface area contributed by atoms with E-state index >= 15 is 0 Å². The van der Waals surface area contributed by atoms with Gasteiger partial charge in [0.15, 0.2) is 9.84 Å². The second-order valence-electron chi connectivity index (χ2n) is 5.75. The Bertz CT molecular complexity index is 1060. The molecule has 3 rings (SSSR count). The zero-order chi connectivity index (χ0) is 20.1. The lowest BCUT2D eigenvalue weighted by molar-refractivity contribution is 0.102. The number of nitrogens with zero attached hydrogens (tertiary/aromatic N) is 2. The molecular weight excluding hydrogens is 398 g/mol. The lowest BCUT2D eigenvalue weighted by Gasteiger charge is -2.03. The molecule has 0 radical (unpaired) electrons. The van der Waals surface area contributed by atoms with Crippen LogP contribution in [0.5, 0.6) is 0 Å². The highest BCUT2D eigenvalue weighted by molar-refractivity contribution is 7.99. The van der Waals surface area contributed by atoms with E-state index in [-0.39, 0.29) is 28.5 Å². The molecule has 2 aromatic carbocycles. The van der Waals surface area contributed by atoms with Crippen LogP contribution in [0.25, 0.3) is 11.5 Å². The van der Waals surface area contributed by atoms with E-state index in [9.17, 15) is 13.2 Å². The lowest BCUT2D eigenvalue weighted by Crippen LogP contribution is -2.11. The number of anilines is 1. The summed E-state index contributed by atoms with van der Waals surface area (Å²) in [6, 6.07) is 13.4. The third kappa shape index (κ3) is 4.60. The van der Waals surface area contributed by atoms with Gasteiger partial charge in [-0.25, -0.2) is 8.42 Å². The Kier molecular flexibility index (Phi) is 6.15. The van der Waals surface area contributed by atoms with E-state index in [4.69, 9.17) is 4.42 Å². The Morgan fingerprint density at radius 1 is 1.04 bits per heavy atom. The zero-order valence-electron chi connectivity index (χ0n) is 15.4. The number of benzene rings is 2. The molecule has 3 aromatic rings. The number of rotatable bonds is 7. The summed E-state index contributed by atoms with van der Waals surface area (Å²) in [7, 11) is -3.27. The molecule has 1 aromatic heterocycles. The number of nitrogens with one attached hydrogen (secondary N) is 1.